The maximum absolute atomic E-state index is 12.7. The summed E-state index contributed by atoms with van der Waals surface area (Å²) in [5, 5.41) is 1.34. The Hall–Kier alpha value is -1.32. The molecule has 0 atom stereocenters. The minimum Gasteiger partial charge on any atom is -0.390 e. The van der Waals surface area contributed by atoms with Crippen LogP contribution in [0.5, 0.6) is 0 Å². The summed E-state index contributed by atoms with van der Waals surface area (Å²) < 4.78 is 0. The normalized spacial score (nSPS) is 14.1. The van der Waals surface area contributed by atoms with E-state index in [0.717, 1.165) is 30.4 Å². The summed E-state index contributed by atoms with van der Waals surface area (Å²) in [6.07, 6.45) is 4.36. The highest BCUT2D eigenvalue weighted by Gasteiger charge is 2.24. The van der Waals surface area contributed by atoms with E-state index in [9.17, 15) is 4.79 Å². The quantitative estimate of drug-likeness (QED) is 0.836. The van der Waals surface area contributed by atoms with Crippen LogP contribution in [0.1, 0.15) is 44.8 Å². The van der Waals surface area contributed by atoms with E-state index in [1.165, 1.54) is 16.9 Å². The Kier molecular flexibility index (Phi) is 3.57. The summed E-state index contributed by atoms with van der Waals surface area (Å²) in [5.74, 6) is 0.0293. The van der Waals surface area contributed by atoms with Crippen molar-refractivity contribution in [2.75, 3.05) is 5.73 Å². The van der Waals surface area contributed by atoms with Gasteiger partial charge in [-0.25, -0.2) is 0 Å². The number of carbonyl (C=O) groups excluding carboxylic acids is 1. The lowest BCUT2D eigenvalue weighted by Gasteiger charge is -2.12. The van der Waals surface area contributed by atoms with E-state index in [1.54, 1.807) is 23.5 Å². The first-order valence-electron chi connectivity index (χ1n) is 6.79. The summed E-state index contributed by atoms with van der Waals surface area (Å²) >= 11 is 7.60. The van der Waals surface area contributed by atoms with E-state index < -0.39 is 0 Å². The predicted octanol–water partition coefficient (Wildman–Crippen LogP) is 4.40. The molecule has 2 aromatic rings. The average molecular weight is 306 g/mol. The number of hydrogen-bond acceptors (Lipinski definition) is 3. The lowest BCUT2D eigenvalue weighted by molar-refractivity contribution is 0.103. The van der Waals surface area contributed by atoms with Gasteiger partial charge in [0.2, 0.25) is 0 Å². The molecule has 0 unspecified atom stereocenters. The van der Waals surface area contributed by atoms with Gasteiger partial charge in [-0.2, -0.15) is 0 Å². The SMILES string of the molecule is Cc1cc(C(=O)c2c(N)sc3c2CCCC3)ccc1Cl. The fourth-order valence-electron chi connectivity index (χ4n) is 2.77. The van der Waals surface area contributed by atoms with Crippen molar-refractivity contribution in [3.8, 4) is 0 Å². The molecule has 0 radical (unpaired) electrons. The molecule has 1 aliphatic carbocycles. The highest BCUT2D eigenvalue weighted by molar-refractivity contribution is 7.16. The van der Waals surface area contributed by atoms with E-state index in [0.29, 0.717) is 15.6 Å². The van der Waals surface area contributed by atoms with Gasteiger partial charge in [-0.15, -0.1) is 11.3 Å². The zero-order valence-electron chi connectivity index (χ0n) is 11.3. The number of halogens is 1. The van der Waals surface area contributed by atoms with Gasteiger partial charge >= 0.3 is 0 Å². The Labute approximate surface area is 127 Å². The number of nitrogen functional groups attached to an aromatic ring is 1. The fraction of sp³-hybridized carbons (Fsp3) is 0.312. The summed E-state index contributed by atoms with van der Waals surface area (Å²) in [5.41, 5.74) is 9.59. The Bertz CT molecular complexity index is 690. The molecule has 1 aromatic heterocycles. The van der Waals surface area contributed by atoms with Crippen LogP contribution >= 0.6 is 22.9 Å². The first kappa shape index (κ1) is 13.7. The van der Waals surface area contributed by atoms with Crippen LogP contribution in [-0.2, 0) is 12.8 Å². The molecule has 0 spiro atoms. The third kappa shape index (κ3) is 2.25. The molecule has 0 saturated heterocycles. The molecule has 2 nitrogen and oxygen atoms in total. The lowest BCUT2D eigenvalue weighted by Crippen LogP contribution is -2.09. The number of nitrogens with two attached hydrogens (primary N) is 1. The van der Waals surface area contributed by atoms with Gasteiger partial charge in [-0.05, 0) is 61.9 Å². The zero-order valence-corrected chi connectivity index (χ0v) is 12.9. The van der Waals surface area contributed by atoms with Crippen molar-refractivity contribution in [1.29, 1.82) is 0 Å². The molecule has 4 heteroatoms. The van der Waals surface area contributed by atoms with Gasteiger partial charge in [0.15, 0.2) is 5.78 Å². The van der Waals surface area contributed by atoms with Crippen LogP contribution < -0.4 is 5.73 Å². The molecule has 20 heavy (non-hydrogen) atoms. The minimum absolute atomic E-state index is 0.0293. The number of thiophene rings is 1. The molecule has 2 N–H and O–H groups in total. The van der Waals surface area contributed by atoms with Crippen LogP contribution in [0, 0.1) is 6.92 Å². The number of anilines is 1. The average Bonchev–Trinajstić information content (AvgIpc) is 2.77. The van der Waals surface area contributed by atoms with Gasteiger partial charge in [0, 0.05) is 15.5 Å². The second kappa shape index (κ2) is 5.23. The fourth-order valence-corrected chi connectivity index (χ4v) is 4.04. The van der Waals surface area contributed by atoms with Gasteiger partial charge in [0.1, 0.15) is 0 Å². The Balaban J connectivity index is 2.06. The maximum Gasteiger partial charge on any atom is 0.196 e. The molecule has 0 amide bonds. The number of ketones is 1. The van der Waals surface area contributed by atoms with Gasteiger partial charge in [0.25, 0.3) is 0 Å². The van der Waals surface area contributed by atoms with Gasteiger partial charge in [-0.1, -0.05) is 11.6 Å². The van der Waals surface area contributed by atoms with Crippen LogP contribution in [0.15, 0.2) is 18.2 Å². The van der Waals surface area contributed by atoms with Crippen molar-refractivity contribution in [2.24, 2.45) is 0 Å². The molecule has 1 aromatic carbocycles. The zero-order chi connectivity index (χ0) is 14.3. The largest absolute Gasteiger partial charge is 0.390 e. The Morgan fingerprint density at radius 1 is 1.30 bits per heavy atom. The molecule has 0 fully saturated rings. The smallest absolute Gasteiger partial charge is 0.196 e. The molecule has 0 aliphatic heterocycles. The number of carbonyl (C=O) groups is 1. The standard InChI is InChI=1S/C16H16ClNOS/c1-9-8-10(6-7-12(9)17)15(19)14-11-4-2-3-5-13(11)20-16(14)18/h6-8H,2-5,18H2,1H3. The summed E-state index contributed by atoms with van der Waals surface area (Å²) in [6.45, 7) is 1.91. The molecule has 0 saturated carbocycles. The van der Waals surface area contributed by atoms with Crippen LogP contribution in [0.25, 0.3) is 0 Å². The van der Waals surface area contributed by atoms with Crippen LogP contribution in [0.2, 0.25) is 5.02 Å². The molecule has 1 heterocycles. The van der Waals surface area contributed by atoms with Crippen molar-refractivity contribution in [3.63, 3.8) is 0 Å². The second-order valence-corrected chi connectivity index (χ2v) is 6.79. The summed E-state index contributed by atoms with van der Waals surface area (Å²) in [6, 6.07) is 5.40. The first-order valence-corrected chi connectivity index (χ1v) is 7.98. The topological polar surface area (TPSA) is 43.1 Å². The van der Waals surface area contributed by atoms with E-state index in [1.807, 2.05) is 13.0 Å². The van der Waals surface area contributed by atoms with Crippen molar-refractivity contribution >= 4 is 33.7 Å². The van der Waals surface area contributed by atoms with Crippen molar-refractivity contribution in [1.82, 2.24) is 0 Å². The Morgan fingerprint density at radius 2 is 2.05 bits per heavy atom. The molecular weight excluding hydrogens is 290 g/mol. The molecule has 3 rings (SSSR count). The Morgan fingerprint density at radius 3 is 2.80 bits per heavy atom. The lowest BCUT2D eigenvalue weighted by atomic mass is 9.91. The van der Waals surface area contributed by atoms with Gasteiger partial charge in [-0.3, -0.25) is 4.79 Å². The molecule has 0 bridgehead atoms. The molecule has 1 aliphatic rings. The number of hydrogen-bond donors (Lipinski definition) is 1. The number of rotatable bonds is 2. The van der Waals surface area contributed by atoms with Crippen molar-refractivity contribution < 1.29 is 4.79 Å². The summed E-state index contributed by atoms with van der Waals surface area (Å²) in [4.78, 5) is 14.0. The maximum atomic E-state index is 12.7. The van der Waals surface area contributed by atoms with Crippen LogP contribution in [0.4, 0.5) is 5.00 Å². The minimum atomic E-state index is 0.0293. The van der Waals surface area contributed by atoms with Gasteiger partial charge < -0.3 is 5.73 Å². The number of aryl methyl sites for hydroxylation is 2. The van der Waals surface area contributed by atoms with E-state index in [-0.39, 0.29) is 5.78 Å². The summed E-state index contributed by atoms with van der Waals surface area (Å²) in [7, 11) is 0. The van der Waals surface area contributed by atoms with Crippen LogP contribution in [0.3, 0.4) is 0 Å². The highest BCUT2D eigenvalue weighted by Crippen LogP contribution is 2.37. The predicted molar refractivity (Wildman–Crippen MR) is 85.0 cm³/mol. The van der Waals surface area contributed by atoms with Crippen molar-refractivity contribution in [3.05, 3.63) is 50.4 Å². The van der Waals surface area contributed by atoms with Gasteiger partial charge in [0.05, 0.1) is 10.6 Å². The van der Waals surface area contributed by atoms with E-state index in [4.69, 9.17) is 17.3 Å². The third-order valence-electron chi connectivity index (χ3n) is 3.85. The third-order valence-corrected chi connectivity index (χ3v) is 5.39. The first-order chi connectivity index (χ1) is 9.58. The molecular formula is C16H16ClNOS. The van der Waals surface area contributed by atoms with E-state index in [2.05, 4.69) is 0 Å². The highest BCUT2D eigenvalue weighted by atomic mass is 35.5. The van der Waals surface area contributed by atoms with Crippen LogP contribution in [-0.4, -0.2) is 5.78 Å². The van der Waals surface area contributed by atoms with Crippen molar-refractivity contribution in [2.45, 2.75) is 32.6 Å². The second-order valence-electron chi connectivity index (χ2n) is 5.24. The number of fused-ring (bicyclic) bond motifs is 1. The number of benzene rings is 1. The monoisotopic (exact) mass is 305 g/mol. The van der Waals surface area contributed by atoms with E-state index >= 15 is 0 Å². The molecule has 104 valence electrons.